The summed E-state index contributed by atoms with van der Waals surface area (Å²) in [5.41, 5.74) is 2.09. The van der Waals surface area contributed by atoms with Crippen LogP contribution in [0.4, 0.5) is 4.79 Å². The van der Waals surface area contributed by atoms with Crippen LogP contribution in [0.5, 0.6) is 0 Å². The number of aromatic nitrogens is 3. The van der Waals surface area contributed by atoms with Gasteiger partial charge in [0, 0.05) is 6.54 Å². The molecule has 10 heteroatoms. The van der Waals surface area contributed by atoms with Crippen molar-refractivity contribution in [3.63, 3.8) is 0 Å². The Morgan fingerprint density at radius 1 is 1.21 bits per heavy atom. The summed E-state index contributed by atoms with van der Waals surface area (Å²) < 4.78 is 12.0. The van der Waals surface area contributed by atoms with Crippen LogP contribution in [0, 0.1) is 0 Å². The standard InChI is InChI=1S/C18H21N5O5/c1-4-23-14-7-6-11(8-12(14)21-22-23)16(24)28-9-13-15(17(25)27-5-2)10(3)19-18(26)20-13/h6-8,10H,4-5,9H2,1-3H3,(H2,19,20,26)/t10-/m1/s1. The summed E-state index contributed by atoms with van der Waals surface area (Å²) >= 11 is 0. The highest BCUT2D eigenvalue weighted by molar-refractivity contribution is 5.96. The summed E-state index contributed by atoms with van der Waals surface area (Å²) in [5, 5.41) is 13.1. The molecule has 0 fully saturated rings. The van der Waals surface area contributed by atoms with Gasteiger partial charge in [0.2, 0.25) is 0 Å². The van der Waals surface area contributed by atoms with Gasteiger partial charge in [-0.25, -0.2) is 19.1 Å². The molecule has 0 spiro atoms. The quantitative estimate of drug-likeness (QED) is 0.712. The number of fused-ring (bicyclic) bond motifs is 1. The molecule has 0 aliphatic carbocycles. The van der Waals surface area contributed by atoms with E-state index in [1.54, 1.807) is 36.7 Å². The molecule has 2 aromatic rings. The predicted octanol–water partition coefficient (Wildman–Crippen LogP) is 1.13. The Morgan fingerprint density at radius 3 is 2.71 bits per heavy atom. The number of hydrogen-bond acceptors (Lipinski definition) is 7. The first kappa shape index (κ1) is 19.3. The monoisotopic (exact) mass is 387 g/mol. The molecule has 0 saturated heterocycles. The number of hydrogen-bond donors (Lipinski definition) is 2. The van der Waals surface area contributed by atoms with E-state index in [-0.39, 0.29) is 24.5 Å². The summed E-state index contributed by atoms with van der Waals surface area (Å²) in [4.78, 5) is 36.4. The Hall–Kier alpha value is -3.43. The number of ether oxygens (including phenoxy) is 2. The Balaban J connectivity index is 1.78. The van der Waals surface area contributed by atoms with Crippen molar-refractivity contribution in [2.45, 2.75) is 33.4 Å². The smallest absolute Gasteiger partial charge is 0.338 e. The highest BCUT2D eigenvalue weighted by Gasteiger charge is 2.30. The largest absolute Gasteiger partial charge is 0.463 e. The van der Waals surface area contributed by atoms with E-state index in [2.05, 4.69) is 20.9 Å². The molecule has 3 rings (SSSR count). The molecule has 1 aromatic carbocycles. The van der Waals surface area contributed by atoms with Crippen LogP contribution in [0.15, 0.2) is 29.5 Å². The molecular formula is C18H21N5O5. The Kier molecular flexibility index (Phi) is 5.57. The number of urea groups is 1. The zero-order valence-corrected chi connectivity index (χ0v) is 15.8. The molecule has 0 bridgehead atoms. The normalized spacial score (nSPS) is 16.5. The van der Waals surface area contributed by atoms with Crippen LogP contribution in [0.3, 0.4) is 0 Å². The molecule has 1 aromatic heterocycles. The third-order valence-corrected chi connectivity index (χ3v) is 4.26. The van der Waals surface area contributed by atoms with Gasteiger partial charge in [-0.1, -0.05) is 5.21 Å². The van der Waals surface area contributed by atoms with E-state index in [1.807, 2.05) is 6.92 Å². The maximum Gasteiger partial charge on any atom is 0.338 e. The Morgan fingerprint density at radius 2 is 2.00 bits per heavy atom. The van der Waals surface area contributed by atoms with E-state index in [0.717, 1.165) is 5.52 Å². The van der Waals surface area contributed by atoms with Crippen LogP contribution >= 0.6 is 0 Å². The van der Waals surface area contributed by atoms with E-state index in [1.165, 1.54) is 0 Å². The zero-order chi connectivity index (χ0) is 20.3. The first-order chi connectivity index (χ1) is 13.4. The molecule has 0 saturated carbocycles. The third-order valence-electron chi connectivity index (χ3n) is 4.26. The van der Waals surface area contributed by atoms with Gasteiger partial charge < -0.3 is 20.1 Å². The van der Waals surface area contributed by atoms with Gasteiger partial charge in [0.05, 0.1) is 35.0 Å². The minimum absolute atomic E-state index is 0.189. The molecule has 1 aliphatic rings. The maximum atomic E-state index is 12.4. The van der Waals surface area contributed by atoms with Crippen molar-refractivity contribution >= 4 is 29.0 Å². The second-order valence-corrected chi connectivity index (χ2v) is 6.12. The number of nitrogens with one attached hydrogen (secondary N) is 2. The topological polar surface area (TPSA) is 124 Å². The molecule has 1 aliphatic heterocycles. The summed E-state index contributed by atoms with van der Waals surface area (Å²) in [6.07, 6.45) is 0. The summed E-state index contributed by atoms with van der Waals surface area (Å²) in [7, 11) is 0. The molecule has 1 atom stereocenters. The second-order valence-electron chi connectivity index (χ2n) is 6.12. The fraction of sp³-hybridized carbons (Fsp3) is 0.389. The molecule has 2 N–H and O–H groups in total. The number of carbonyl (C=O) groups excluding carboxylic acids is 3. The summed E-state index contributed by atoms with van der Waals surface area (Å²) in [5.74, 6) is -1.18. The molecule has 0 radical (unpaired) electrons. The number of benzene rings is 1. The van der Waals surface area contributed by atoms with Gasteiger partial charge in [-0.3, -0.25) is 0 Å². The van der Waals surface area contributed by atoms with Gasteiger partial charge in [0.15, 0.2) is 0 Å². The lowest BCUT2D eigenvalue weighted by Gasteiger charge is -2.26. The molecule has 2 heterocycles. The molecule has 2 amide bonds. The first-order valence-corrected chi connectivity index (χ1v) is 8.92. The molecule has 0 unspecified atom stereocenters. The van der Waals surface area contributed by atoms with Crippen LogP contribution in [0.2, 0.25) is 0 Å². The Labute approximate surface area is 160 Å². The molecule has 28 heavy (non-hydrogen) atoms. The third kappa shape index (κ3) is 3.80. The maximum absolute atomic E-state index is 12.4. The lowest BCUT2D eigenvalue weighted by molar-refractivity contribution is -0.139. The average Bonchev–Trinajstić information content (AvgIpc) is 3.08. The fourth-order valence-electron chi connectivity index (χ4n) is 2.95. The highest BCUT2D eigenvalue weighted by atomic mass is 16.5. The Bertz CT molecular complexity index is 964. The van der Waals surface area contributed by atoms with Crippen molar-refractivity contribution in [1.82, 2.24) is 25.6 Å². The van der Waals surface area contributed by atoms with Crippen molar-refractivity contribution in [2.24, 2.45) is 0 Å². The SMILES string of the molecule is CCOC(=O)C1=C(COC(=O)c2ccc3c(c2)nnn3CC)NC(=O)N[C@@H]1C. The van der Waals surface area contributed by atoms with Gasteiger partial charge in [0.1, 0.15) is 12.1 Å². The molecule has 10 nitrogen and oxygen atoms in total. The van der Waals surface area contributed by atoms with Crippen LogP contribution in [0.25, 0.3) is 11.0 Å². The van der Waals surface area contributed by atoms with Crippen LogP contribution in [-0.2, 0) is 20.8 Å². The number of carbonyl (C=O) groups is 3. The van der Waals surface area contributed by atoms with Crippen molar-refractivity contribution in [3.05, 3.63) is 35.0 Å². The van der Waals surface area contributed by atoms with Crippen molar-refractivity contribution in [2.75, 3.05) is 13.2 Å². The van der Waals surface area contributed by atoms with Crippen molar-refractivity contribution in [1.29, 1.82) is 0 Å². The molecule has 148 valence electrons. The van der Waals surface area contributed by atoms with Crippen LogP contribution < -0.4 is 10.6 Å². The van der Waals surface area contributed by atoms with Crippen LogP contribution in [0.1, 0.15) is 31.1 Å². The van der Waals surface area contributed by atoms with Gasteiger partial charge in [0.25, 0.3) is 0 Å². The number of aryl methyl sites for hydroxylation is 1. The predicted molar refractivity (Wildman–Crippen MR) is 98.3 cm³/mol. The minimum Gasteiger partial charge on any atom is -0.463 e. The average molecular weight is 387 g/mol. The van der Waals surface area contributed by atoms with E-state index in [4.69, 9.17) is 9.47 Å². The van der Waals surface area contributed by atoms with Gasteiger partial charge in [-0.05, 0) is 39.0 Å². The van der Waals surface area contributed by atoms with E-state index >= 15 is 0 Å². The summed E-state index contributed by atoms with van der Waals surface area (Å²) in [6.45, 7) is 5.86. The number of amides is 2. The lowest BCUT2D eigenvalue weighted by atomic mass is 10.0. The highest BCUT2D eigenvalue weighted by Crippen LogP contribution is 2.17. The van der Waals surface area contributed by atoms with E-state index in [0.29, 0.717) is 17.6 Å². The zero-order valence-electron chi connectivity index (χ0n) is 15.8. The molecular weight excluding hydrogens is 366 g/mol. The van der Waals surface area contributed by atoms with Gasteiger partial charge in [-0.2, -0.15) is 0 Å². The first-order valence-electron chi connectivity index (χ1n) is 8.92. The number of esters is 2. The van der Waals surface area contributed by atoms with Gasteiger partial charge in [-0.15, -0.1) is 5.10 Å². The van der Waals surface area contributed by atoms with Crippen molar-refractivity contribution in [3.8, 4) is 0 Å². The van der Waals surface area contributed by atoms with E-state index in [9.17, 15) is 14.4 Å². The minimum atomic E-state index is -0.607. The van der Waals surface area contributed by atoms with Crippen molar-refractivity contribution < 1.29 is 23.9 Å². The van der Waals surface area contributed by atoms with Gasteiger partial charge >= 0.3 is 18.0 Å². The number of rotatable bonds is 6. The summed E-state index contributed by atoms with van der Waals surface area (Å²) in [6, 6.07) is 3.89. The number of nitrogens with zero attached hydrogens (tertiary/aromatic N) is 3. The van der Waals surface area contributed by atoms with Crippen LogP contribution in [-0.4, -0.2) is 52.2 Å². The lowest BCUT2D eigenvalue weighted by Crippen LogP contribution is -2.50. The fourth-order valence-corrected chi connectivity index (χ4v) is 2.95. The van der Waals surface area contributed by atoms with E-state index < -0.39 is 24.0 Å². The second kappa shape index (κ2) is 8.07.